The second kappa shape index (κ2) is 6.57. The normalized spacial score (nSPS) is 26.6. The van der Waals surface area contributed by atoms with Gasteiger partial charge in [0.25, 0.3) is 0 Å². The maximum absolute atomic E-state index is 12.0. The number of halogens is 1. The molecule has 0 aromatic heterocycles. The lowest BCUT2D eigenvalue weighted by Crippen LogP contribution is -2.38. The Bertz CT molecular complexity index is 810. The van der Waals surface area contributed by atoms with Gasteiger partial charge in [0, 0.05) is 22.8 Å². The molecule has 2 aliphatic rings. The largest absolute Gasteiger partial charge is 0.495 e. The van der Waals surface area contributed by atoms with Crippen LogP contribution >= 0.6 is 23.4 Å². The first kappa shape index (κ1) is 17.6. The van der Waals surface area contributed by atoms with Gasteiger partial charge in [-0.1, -0.05) is 30.3 Å². The third-order valence-corrected chi connectivity index (χ3v) is 7.44. The van der Waals surface area contributed by atoms with Crippen molar-refractivity contribution in [1.82, 2.24) is 0 Å². The maximum Gasteiger partial charge on any atom is 0.247 e. The minimum absolute atomic E-state index is 0.0375. The molecule has 0 spiro atoms. The van der Waals surface area contributed by atoms with Crippen molar-refractivity contribution in [3.63, 3.8) is 0 Å². The highest BCUT2D eigenvalue weighted by atomic mass is 35.5. The molecule has 0 radical (unpaired) electrons. The molecule has 1 aromatic carbocycles. The molecule has 2 saturated heterocycles. The minimum atomic E-state index is -3.10. The first-order valence-corrected chi connectivity index (χ1v) is 10.5. The van der Waals surface area contributed by atoms with Gasteiger partial charge in [-0.05, 0) is 12.1 Å². The highest BCUT2D eigenvalue weighted by molar-refractivity contribution is 8.16. The Morgan fingerprint density at radius 3 is 2.88 bits per heavy atom. The van der Waals surface area contributed by atoms with Crippen LogP contribution in [0.2, 0.25) is 5.02 Å². The summed E-state index contributed by atoms with van der Waals surface area (Å²) in [6.07, 6.45) is 0.295. The van der Waals surface area contributed by atoms with E-state index in [4.69, 9.17) is 16.3 Å². The third-order valence-electron chi connectivity index (χ3n) is 3.99. The standard InChI is InChI=1S/C15H17ClN2O4S2/c1-3-14(19)17-15-18(10-5-4-9(16)6-12(10)22-2)11-7-24(20,21)8-13(11)23-15/h4-6,11,13H,3,7-8H2,1-2H3. The molecular weight excluding hydrogens is 372 g/mol. The zero-order valence-corrected chi connectivity index (χ0v) is 15.6. The number of sulfone groups is 1. The molecule has 2 heterocycles. The van der Waals surface area contributed by atoms with Crippen LogP contribution in [0.3, 0.4) is 0 Å². The van der Waals surface area contributed by atoms with Crippen LogP contribution in [-0.4, -0.2) is 49.4 Å². The van der Waals surface area contributed by atoms with Crippen molar-refractivity contribution in [3.8, 4) is 5.75 Å². The van der Waals surface area contributed by atoms with E-state index >= 15 is 0 Å². The fourth-order valence-corrected chi connectivity index (χ4v) is 6.97. The predicted octanol–water partition coefficient (Wildman–Crippen LogP) is 2.36. The molecule has 0 saturated carbocycles. The summed E-state index contributed by atoms with van der Waals surface area (Å²) >= 11 is 7.36. The fraction of sp³-hybridized carbons (Fsp3) is 0.467. The van der Waals surface area contributed by atoms with Crippen LogP contribution in [0.1, 0.15) is 13.3 Å². The molecule has 6 nitrogen and oxygen atoms in total. The summed E-state index contributed by atoms with van der Waals surface area (Å²) in [4.78, 5) is 17.8. The molecule has 130 valence electrons. The third kappa shape index (κ3) is 3.27. The van der Waals surface area contributed by atoms with Gasteiger partial charge < -0.3 is 9.64 Å². The molecule has 2 aliphatic heterocycles. The van der Waals surface area contributed by atoms with E-state index < -0.39 is 9.84 Å². The lowest BCUT2D eigenvalue weighted by atomic mass is 10.2. The molecule has 0 bridgehead atoms. The molecule has 1 aromatic rings. The molecule has 3 rings (SSSR count). The Kier molecular flexibility index (Phi) is 4.81. The number of carbonyl (C=O) groups excluding carboxylic acids is 1. The number of amidine groups is 1. The number of hydrogen-bond acceptors (Lipinski definition) is 5. The van der Waals surface area contributed by atoms with E-state index in [1.165, 1.54) is 18.9 Å². The Balaban J connectivity index is 2.08. The Hall–Kier alpha value is -1.25. The monoisotopic (exact) mass is 388 g/mol. The smallest absolute Gasteiger partial charge is 0.247 e. The van der Waals surface area contributed by atoms with Crippen molar-refractivity contribution in [2.45, 2.75) is 24.6 Å². The summed E-state index contributed by atoms with van der Waals surface area (Å²) in [6.45, 7) is 1.74. The van der Waals surface area contributed by atoms with Crippen LogP contribution in [0, 0.1) is 0 Å². The number of anilines is 1. The first-order valence-electron chi connectivity index (χ1n) is 7.46. The second-order valence-electron chi connectivity index (χ2n) is 5.63. The van der Waals surface area contributed by atoms with Gasteiger partial charge in [0.05, 0.1) is 30.3 Å². The van der Waals surface area contributed by atoms with Crippen molar-refractivity contribution >= 4 is 50.0 Å². The number of benzene rings is 1. The fourth-order valence-electron chi connectivity index (χ4n) is 2.88. The van der Waals surface area contributed by atoms with Gasteiger partial charge >= 0.3 is 0 Å². The number of fused-ring (bicyclic) bond motifs is 1. The number of aliphatic imine (C=N–C) groups is 1. The molecule has 1 amide bonds. The van der Waals surface area contributed by atoms with E-state index in [1.54, 1.807) is 25.1 Å². The van der Waals surface area contributed by atoms with Crippen LogP contribution in [-0.2, 0) is 14.6 Å². The molecule has 2 unspecified atom stereocenters. The van der Waals surface area contributed by atoms with Crippen molar-refractivity contribution in [1.29, 1.82) is 0 Å². The molecule has 0 N–H and O–H groups in total. The SMILES string of the molecule is CCC(=O)N=C1SC2CS(=O)(=O)CC2N1c1ccc(Cl)cc1OC. The van der Waals surface area contributed by atoms with Crippen LogP contribution in [0.25, 0.3) is 0 Å². The minimum Gasteiger partial charge on any atom is -0.495 e. The van der Waals surface area contributed by atoms with E-state index in [-0.39, 0.29) is 28.7 Å². The lowest BCUT2D eigenvalue weighted by Gasteiger charge is -2.26. The lowest BCUT2D eigenvalue weighted by molar-refractivity contribution is -0.117. The number of hydrogen-bond donors (Lipinski definition) is 0. The Morgan fingerprint density at radius 1 is 1.46 bits per heavy atom. The topological polar surface area (TPSA) is 76.0 Å². The van der Waals surface area contributed by atoms with E-state index in [2.05, 4.69) is 4.99 Å². The molecule has 24 heavy (non-hydrogen) atoms. The molecular formula is C15H17ClN2O4S2. The van der Waals surface area contributed by atoms with Crippen molar-refractivity contribution in [2.75, 3.05) is 23.5 Å². The van der Waals surface area contributed by atoms with Gasteiger partial charge in [0.2, 0.25) is 5.91 Å². The summed E-state index contributed by atoms with van der Waals surface area (Å²) in [7, 11) is -1.58. The van der Waals surface area contributed by atoms with E-state index in [1.807, 2.05) is 4.90 Å². The van der Waals surface area contributed by atoms with Gasteiger partial charge in [0.15, 0.2) is 15.0 Å². The van der Waals surface area contributed by atoms with Crippen molar-refractivity contribution < 1.29 is 17.9 Å². The van der Waals surface area contributed by atoms with E-state index in [0.29, 0.717) is 28.0 Å². The number of nitrogens with zero attached hydrogens (tertiary/aromatic N) is 2. The zero-order valence-electron chi connectivity index (χ0n) is 13.2. The van der Waals surface area contributed by atoms with Crippen LogP contribution in [0.5, 0.6) is 5.75 Å². The summed E-state index contributed by atoms with van der Waals surface area (Å²) in [5.41, 5.74) is 0.668. The Morgan fingerprint density at radius 2 is 2.21 bits per heavy atom. The molecule has 2 atom stereocenters. The number of ether oxygens (including phenoxy) is 1. The molecule has 9 heteroatoms. The highest BCUT2D eigenvalue weighted by Gasteiger charge is 2.50. The number of amides is 1. The average molecular weight is 389 g/mol. The van der Waals surface area contributed by atoms with Gasteiger partial charge in [0.1, 0.15) is 5.75 Å². The quantitative estimate of drug-likeness (QED) is 0.791. The first-order chi connectivity index (χ1) is 11.3. The number of thioether (sulfide) groups is 1. The molecule has 0 aliphatic carbocycles. The van der Waals surface area contributed by atoms with Gasteiger partial charge in [-0.25, -0.2) is 8.42 Å². The summed E-state index contributed by atoms with van der Waals surface area (Å²) < 4.78 is 29.4. The predicted molar refractivity (Wildman–Crippen MR) is 97.0 cm³/mol. The van der Waals surface area contributed by atoms with Crippen molar-refractivity contribution in [3.05, 3.63) is 23.2 Å². The van der Waals surface area contributed by atoms with Crippen LogP contribution < -0.4 is 9.64 Å². The highest BCUT2D eigenvalue weighted by Crippen LogP contribution is 2.44. The van der Waals surface area contributed by atoms with Crippen molar-refractivity contribution in [2.24, 2.45) is 4.99 Å². The number of carbonyl (C=O) groups is 1. The van der Waals surface area contributed by atoms with E-state index in [9.17, 15) is 13.2 Å². The number of methoxy groups -OCH3 is 1. The van der Waals surface area contributed by atoms with Crippen LogP contribution in [0.15, 0.2) is 23.2 Å². The summed E-state index contributed by atoms with van der Waals surface area (Å²) in [6, 6.07) is 4.87. The molecule has 2 fully saturated rings. The van der Waals surface area contributed by atoms with E-state index in [0.717, 1.165) is 0 Å². The summed E-state index contributed by atoms with van der Waals surface area (Å²) in [5, 5.41) is 0.896. The zero-order chi connectivity index (χ0) is 17.5. The van der Waals surface area contributed by atoms with Crippen LogP contribution in [0.4, 0.5) is 5.69 Å². The van der Waals surface area contributed by atoms with Gasteiger partial charge in [-0.15, -0.1) is 0 Å². The maximum atomic E-state index is 12.0. The summed E-state index contributed by atoms with van der Waals surface area (Å²) in [5.74, 6) is 0.409. The Labute approximate surface area is 150 Å². The van der Waals surface area contributed by atoms with Gasteiger partial charge in [-0.2, -0.15) is 4.99 Å². The number of rotatable bonds is 3. The average Bonchev–Trinajstić information content (AvgIpc) is 2.98. The van der Waals surface area contributed by atoms with Gasteiger partial charge in [-0.3, -0.25) is 4.79 Å². The second-order valence-corrected chi connectivity index (χ2v) is 9.42.